The molecule has 0 radical (unpaired) electrons. The molecule has 2 aromatic carbocycles. The molecular weight excluding hydrogens is 438 g/mol. The summed E-state index contributed by atoms with van der Waals surface area (Å²) in [6.07, 6.45) is -4.74. The Morgan fingerprint density at radius 3 is 2.38 bits per heavy atom. The number of hydrogen-bond acceptors (Lipinski definition) is 5. The maximum absolute atomic E-state index is 13.8. The largest absolute Gasteiger partial charge is 0.471 e. The number of halogens is 5. The minimum absolute atomic E-state index is 0.0326. The molecule has 3 aromatic rings. The smallest absolute Gasteiger partial charge is 0.329 e. The predicted molar refractivity (Wildman–Crippen MR) is 95.6 cm³/mol. The molecule has 0 aliphatic heterocycles. The lowest BCUT2D eigenvalue weighted by Gasteiger charge is -2.08. The van der Waals surface area contributed by atoms with Crippen molar-refractivity contribution in [2.45, 2.75) is 18.5 Å². The second kappa shape index (κ2) is 8.09. The van der Waals surface area contributed by atoms with Crippen LogP contribution in [0.25, 0.3) is 11.4 Å². The van der Waals surface area contributed by atoms with Crippen LogP contribution in [0.1, 0.15) is 17.0 Å². The van der Waals surface area contributed by atoms with Crippen molar-refractivity contribution >= 4 is 21.6 Å². The van der Waals surface area contributed by atoms with E-state index in [1.54, 1.807) is 0 Å². The SMILES string of the molecule is O=S(=O)(Cc1ccc(Cl)cc1F)NCc1ccc(-c2noc(C(F)(F)F)n2)cc1. The molecule has 29 heavy (non-hydrogen) atoms. The molecule has 1 N–H and O–H groups in total. The molecule has 0 fully saturated rings. The topological polar surface area (TPSA) is 85.1 Å². The van der Waals surface area contributed by atoms with Crippen molar-refractivity contribution < 1.29 is 30.5 Å². The van der Waals surface area contributed by atoms with Gasteiger partial charge in [-0.1, -0.05) is 47.1 Å². The molecule has 0 aliphatic carbocycles. The molecule has 0 spiro atoms. The third-order valence-electron chi connectivity index (χ3n) is 3.74. The Morgan fingerprint density at radius 2 is 1.79 bits per heavy atom. The number of alkyl halides is 3. The van der Waals surface area contributed by atoms with Crippen LogP contribution < -0.4 is 4.72 Å². The molecule has 1 aromatic heterocycles. The highest BCUT2D eigenvalue weighted by Gasteiger charge is 2.38. The fourth-order valence-electron chi connectivity index (χ4n) is 2.32. The van der Waals surface area contributed by atoms with Gasteiger partial charge in [0.2, 0.25) is 15.8 Å². The van der Waals surface area contributed by atoms with Gasteiger partial charge in [0.05, 0.1) is 5.75 Å². The highest BCUT2D eigenvalue weighted by atomic mass is 35.5. The quantitative estimate of drug-likeness (QED) is 0.571. The van der Waals surface area contributed by atoms with Crippen LogP contribution in [-0.4, -0.2) is 18.6 Å². The first-order valence-corrected chi connectivity index (χ1v) is 9.98. The average molecular weight is 450 g/mol. The van der Waals surface area contributed by atoms with E-state index in [1.165, 1.54) is 36.4 Å². The van der Waals surface area contributed by atoms with Crippen LogP contribution in [0.15, 0.2) is 47.0 Å². The van der Waals surface area contributed by atoms with E-state index in [0.29, 0.717) is 5.56 Å². The van der Waals surface area contributed by atoms with Crippen molar-refractivity contribution in [1.82, 2.24) is 14.9 Å². The number of nitrogens with zero attached hydrogens (tertiary/aromatic N) is 2. The van der Waals surface area contributed by atoms with Crippen LogP contribution in [0.5, 0.6) is 0 Å². The number of aromatic nitrogens is 2. The van der Waals surface area contributed by atoms with Crippen molar-refractivity contribution in [3.63, 3.8) is 0 Å². The molecule has 0 amide bonds. The minimum atomic E-state index is -4.74. The molecule has 3 rings (SSSR count). The molecule has 6 nitrogen and oxygen atoms in total. The van der Waals surface area contributed by atoms with E-state index in [4.69, 9.17) is 11.6 Å². The van der Waals surface area contributed by atoms with Crippen LogP contribution in [0.4, 0.5) is 17.6 Å². The van der Waals surface area contributed by atoms with Crippen molar-refractivity contribution in [2.24, 2.45) is 0 Å². The van der Waals surface area contributed by atoms with E-state index >= 15 is 0 Å². The molecule has 1 heterocycles. The zero-order valence-corrected chi connectivity index (χ0v) is 15.9. The molecule has 0 atom stereocenters. The van der Waals surface area contributed by atoms with Gasteiger partial charge in [-0.25, -0.2) is 17.5 Å². The lowest BCUT2D eigenvalue weighted by molar-refractivity contribution is -0.159. The van der Waals surface area contributed by atoms with E-state index in [9.17, 15) is 26.0 Å². The number of sulfonamides is 1. The van der Waals surface area contributed by atoms with Crippen LogP contribution in [-0.2, 0) is 28.5 Å². The second-order valence-electron chi connectivity index (χ2n) is 5.93. The van der Waals surface area contributed by atoms with Crippen LogP contribution in [0.3, 0.4) is 0 Å². The lowest BCUT2D eigenvalue weighted by Crippen LogP contribution is -2.25. The van der Waals surface area contributed by atoms with E-state index in [-0.39, 0.29) is 28.5 Å². The molecule has 0 saturated carbocycles. The van der Waals surface area contributed by atoms with Crippen LogP contribution in [0, 0.1) is 5.82 Å². The summed E-state index contributed by atoms with van der Waals surface area (Å²) >= 11 is 5.63. The van der Waals surface area contributed by atoms with E-state index in [0.717, 1.165) is 6.07 Å². The van der Waals surface area contributed by atoms with Gasteiger partial charge in [-0.15, -0.1) is 0 Å². The summed E-state index contributed by atoms with van der Waals surface area (Å²) < 4.78 is 82.0. The summed E-state index contributed by atoms with van der Waals surface area (Å²) in [6.45, 7) is -0.0993. The maximum atomic E-state index is 13.8. The molecule has 0 saturated heterocycles. The standard InChI is InChI=1S/C17H12ClF4N3O3S/c18-13-6-5-12(14(19)7-13)9-29(26,27)23-8-10-1-3-11(4-2-10)15-24-16(28-25-15)17(20,21)22/h1-7,23H,8-9H2. The zero-order valence-electron chi connectivity index (χ0n) is 14.4. The molecular formula is C17H12ClF4N3O3S. The summed E-state index contributed by atoms with van der Waals surface area (Å²) in [6, 6.07) is 9.52. The Bertz CT molecular complexity index is 1120. The Hall–Kier alpha value is -2.50. The molecule has 0 bridgehead atoms. The minimum Gasteiger partial charge on any atom is -0.329 e. The van der Waals surface area contributed by atoms with Gasteiger partial charge in [0.1, 0.15) is 5.82 Å². The van der Waals surface area contributed by atoms with Gasteiger partial charge >= 0.3 is 12.1 Å². The number of hydrogen-bond donors (Lipinski definition) is 1. The van der Waals surface area contributed by atoms with Gasteiger partial charge < -0.3 is 4.52 Å². The lowest BCUT2D eigenvalue weighted by atomic mass is 10.1. The fourth-order valence-corrected chi connectivity index (χ4v) is 3.61. The first-order chi connectivity index (χ1) is 13.5. The van der Waals surface area contributed by atoms with Gasteiger partial charge in [0.15, 0.2) is 0 Å². The highest BCUT2D eigenvalue weighted by molar-refractivity contribution is 7.88. The summed E-state index contributed by atoms with van der Waals surface area (Å²) in [4.78, 5) is 3.27. The molecule has 12 heteroatoms. The number of benzene rings is 2. The van der Waals surface area contributed by atoms with E-state index in [2.05, 4.69) is 19.4 Å². The average Bonchev–Trinajstić information content (AvgIpc) is 3.14. The summed E-state index contributed by atoms with van der Waals surface area (Å²) in [5, 5.41) is 3.42. The van der Waals surface area contributed by atoms with Gasteiger partial charge in [-0.05, 0) is 17.7 Å². The zero-order chi connectivity index (χ0) is 21.2. The van der Waals surface area contributed by atoms with E-state index in [1.807, 2.05) is 0 Å². The number of nitrogens with one attached hydrogen (secondary N) is 1. The van der Waals surface area contributed by atoms with Crippen molar-refractivity contribution in [2.75, 3.05) is 0 Å². The second-order valence-corrected chi connectivity index (χ2v) is 8.18. The van der Waals surface area contributed by atoms with E-state index < -0.39 is 33.7 Å². The van der Waals surface area contributed by atoms with Crippen molar-refractivity contribution in [3.05, 3.63) is 70.3 Å². The third kappa shape index (κ3) is 5.52. The first kappa shape index (κ1) is 21.2. The fraction of sp³-hybridized carbons (Fsp3) is 0.176. The Labute approximate surface area is 167 Å². The summed E-state index contributed by atoms with van der Waals surface area (Å²) in [5.41, 5.74) is 0.752. The Morgan fingerprint density at radius 1 is 1.10 bits per heavy atom. The van der Waals surface area contributed by atoms with Gasteiger partial charge in [0.25, 0.3) is 0 Å². The van der Waals surface area contributed by atoms with Gasteiger partial charge in [-0.2, -0.15) is 18.2 Å². The molecule has 0 aliphatic rings. The summed E-state index contributed by atoms with van der Waals surface area (Å²) in [7, 11) is -3.84. The Kier molecular flexibility index (Phi) is 5.92. The monoisotopic (exact) mass is 449 g/mol. The van der Waals surface area contributed by atoms with Crippen molar-refractivity contribution in [3.8, 4) is 11.4 Å². The predicted octanol–water partition coefficient (Wildman–Crippen LogP) is 4.17. The number of rotatable bonds is 6. The highest BCUT2D eigenvalue weighted by Crippen LogP contribution is 2.29. The van der Waals surface area contributed by atoms with Crippen LogP contribution >= 0.6 is 11.6 Å². The van der Waals surface area contributed by atoms with Gasteiger partial charge in [0, 0.05) is 22.7 Å². The first-order valence-electron chi connectivity index (χ1n) is 7.95. The Balaban J connectivity index is 1.64. The summed E-state index contributed by atoms with van der Waals surface area (Å²) in [5.74, 6) is -3.01. The van der Waals surface area contributed by atoms with Gasteiger partial charge in [-0.3, -0.25) is 0 Å². The maximum Gasteiger partial charge on any atom is 0.471 e. The molecule has 0 unspecified atom stereocenters. The van der Waals surface area contributed by atoms with Crippen LogP contribution in [0.2, 0.25) is 5.02 Å². The molecule has 154 valence electrons. The van der Waals surface area contributed by atoms with Crippen molar-refractivity contribution in [1.29, 1.82) is 0 Å². The third-order valence-corrected chi connectivity index (χ3v) is 5.25. The normalized spacial score (nSPS) is 12.3.